The summed E-state index contributed by atoms with van der Waals surface area (Å²) < 4.78 is 36.5. The van der Waals surface area contributed by atoms with Crippen LogP contribution in [-0.4, -0.2) is 4.98 Å². The summed E-state index contributed by atoms with van der Waals surface area (Å²) in [5.74, 6) is 0. The number of alkyl halides is 3. The molecule has 1 fully saturated rings. The zero-order valence-corrected chi connectivity index (χ0v) is 9.75. The molecule has 0 radical (unpaired) electrons. The van der Waals surface area contributed by atoms with Crippen molar-refractivity contribution in [2.75, 3.05) is 0 Å². The smallest absolute Gasteiger partial charge is 0.320 e. The topological polar surface area (TPSA) is 38.9 Å². The molecular formula is C9H11Cl2F3N2. The van der Waals surface area contributed by atoms with Crippen LogP contribution >= 0.6 is 24.8 Å². The number of pyridine rings is 1. The molecule has 7 heteroatoms. The molecule has 92 valence electrons. The highest BCUT2D eigenvalue weighted by atomic mass is 35.5. The first-order valence-corrected chi connectivity index (χ1v) is 4.24. The minimum atomic E-state index is -4.32. The molecule has 1 aromatic heterocycles. The molecule has 16 heavy (non-hydrogen) atoms. The van der Waals surface area contributed by atoms with E-state index in [9.17, 15) is 13.2 Å². The monoisotopic (exact) mass is 274 g/mol. The van der Waals surface area contributed by atoms with Gasteiger partial charge < -0.3 is 5.73 Å². The van der Waals surface area contributed by atoms with Crippen molar-refractivity contribution in [3.8, 4) is 0 Å². The van der Waals surface area contributed by atoms with Crippen LogP contribution in [0, 0.1) is 0 Å². The molecule has 0 saturated heterocycles. The number of aromatic nitrogens is 1. The van der Waals surface area contributed by atoms with Crippen LogP contribution in [0.4, 0.5) is 13.2 Å². The Hall–Kier alpha value is -0.520. The van der Waals surface area contributed by atoms with Gasteiger partial charge in [-0.3, -0.25) is 4.98 Å². The van der Waals surface area contributed by atoms with Gasteiger partial charge >= 0.3 is 6.18 Å². The van der Waals surface area contributed by atoms with Gasteiger partial charge in [-0.2, -0.15) is 13.2 Å². The van der Waals surface area contributed by atoms with Crippen molar-refractivity contribution in [1.82, 2.24) is 4.98 Å². The molecule has 0 unspecified atom stereocenters. The first-order chi connectivity index (χ1) is 6.42. The van der Waals surface area contributed by atoms with E-state index >= 15 is 0 Å². The highest BCUT2D eigenvalue weighted by Crippen LogP contribution is 2.42. The lowest BCUT2D eigenvalue weighted by Gasteiger charge is -2.10. The molecule has 2 N–H and O–H groups in total. The summed E-state index contributed by atoms with van der Waals surface area (Å²) in [6, 6.07) is 2.38. The molecule has 0 atom stereocenters. The lowest BCUT2D eigenvalue weighted by molar-refractivity contribution is -0.137. The predicted molar refractivity (Wildman–Crippen MR) is 58.8 cm³/mol. The van der Waals surface area contributed by atoms with E-state index in [1.54, 1.807) is 0 Å². The normalized spacial score (nSPS) is 17.0. The maximum Gasteiger partial charge on any atom is 0.417 e. The Morgan fingerprint density at radius 2 is 1.75 bits per heavy atom. The number of halogens is 5. The molecule has 0 amide bonds. The summed E-state index contributed by atoms with van der Waals surface area (Å²) in [5.41, 5.74) is 5.13. The Morgan fingerprint density at radius 1 is 1.19 bits per heavy atom. The van der Waals surface area contributed by atoms with Crippen molar-refractivity contribution in [2.24, 2.45) is 5.73 Å². The van der Waals surface area contributed by atoms with E-state index in [0.717, 1.165) is 25.1 Å². The highest BCUT2D eigenvalue weighted by molar-refractivity contribution is 5.85. The van der Waals surface area contributed by atoms with Gasteiger partial charge in [0, 0.05) is 6.20 Å². The standard InChI is InChI=1S/C9H9F3N2.2ClH/c10-9(11,12)6-1-2-7(14-5-6)8(13)3-4-8;;/h1-2,5H,3-4,13H2;2*1H. The van der Waals surface area contributed by atoms with Gasteiger partial charge in [-0.15, -0.1) is 24.8 Å². The van der Waals surface area contributed by atoms with Gasteiger partial charge in [0.2, 0.25) is 0 Å². The Balaban J connectivity index is 0.00000112. The van der Waals surface area contributed by atoms with Crippen LogP contribution in [0.25, 0.3) is 0 Å². The van der Waals surface area contributed by atoms with Gasteiger partial charge in [0.25, 0.3) is 0 Å². The second-order valence-electron chi connectivity index (χ2n) is 3.59. The Bertz CT molecular complexity index is 323. The summed E-state index contributed by atoms with van der Waals surface area (Å²) in [7, 11) is 0. The molecule has 0 bridgehead atoms. The van der Waals surface area contributed by atoms with Crippen LogP contribution in [0.5, 0.6) is 0 Å². The lowest BCUT2D eigenvalue weighted by Crippen LogP contribution is -2.20. The maximum atomic E-state index is 12.2. The van der Waals surface area contributed by atoms with Crippen LogP contribution < -0.4 is 5.73 Å². The third-order valence-corrected chi connectivity index (χ3v) is 2.39. The lowest BCUT2D eigenvalue weighted by atomic mass is 10.1. The van der Waals surface area contributed by atoms with Crippen molar-refractivity contribution in [1.29, 1.82) is 0 Å². The fourth-order valence-electron chi connectivity index (χ4n) is 1.25. The minimum Gasteiger partial charge on any atom is -0.320 e. The van der Waals surface area contributed by atoms with E-state index in [2.05, 4.69) is 4.98 Å². The Morgan fingerprint density at radius 3 is 2.06 bits per heavy atom. The molecule has 1 aromatic rings. The third kappa shape index (κ3) is 2.99. The van der Waals surface area contributed by atoms with Gasteiger partial charge in [-0.1, -0.05) is 0 Å². The van der Waals surface area contributed by atoms with E-state index in [1.807, 2.05) is 0 Å². The minimum absolute atomic E-state index is 0. The second-order valence-corrected chi connectivity index (χ2v) is 3.59. The number of hydrogen-bond acceptors (Lipinski definition) is 2. The summed E-state index contributed by atoms with van der Waals surface area (Å²) >= 11 is 0. The van der Waals surface area contributed by atoms with Gasteiger partial charge in [-0.25, -0.2) is 0 Å². The van der Waals surface area contributed by atoms with Crippen molar-refractivity contribution < 1.29 is 13.2 Å². The van der Waals surface area contributed by atoms with Crippen LogP contribution in [0.1, 0.15) is 24.1 Å². The quantitative estimate of drug-likeness (QED) is 0.855. The molecule has 0 aromatic carbocycles. The third-order valence-electron chi connectivity index (χ3n) is 2.39. The van der Waals surface area contributed by atoms with Crippen molar-refractivity contribution in [2.45, 2.75) is 24.6 Å². The molecule has 1 aliphatic rings. The maximum absolute atomic E-state index is 12.2. The molecule has 1 aliphatic carbocycles. The number of nitrogens with two attached hydrogens (primary N) is 1. The summed E-state index contributed by atoms with van der Waals surface area (Å²) in [6.45, 7) is 0. The average molecular weight is 275 g/mol. The molecule has 0 aliphatic heterocycles. The zero-order valence-electron chi connectivity index (χ0n) is 8.12. The average Bonchev–Trinajstić information content (AvgIpc) is 2.84. The van der Waals surface area contributed by atoms with E-state index in [4.69, 9.17) is 5.73 Å². The van der Waals surface area contributed by atoms with Crippen molar-refractivity contribution in [3.63, 3.8) is 0 Å². The van der Waals surface area contributed by atoms with Crippen LogP contribution in [0.2, 0.25) is 0 Å². The fraction of sp³-hybridized carbons (Fsp3) is 0.444. The predicted octanol–water partition coefficient (Wildman–Crippen LogP) is 2.89. The Kier molecular flexibility index (Phi) is 4.62. The van der Waals surface area contributed by atoms with Crippen molar-refractivity contribution >= 4 is 24.8 Å². The summed E-state index contributed by atoms with van der Waals surface area (Å²) in [5, 5.41) is 0. The molecule has 1 heterocycles. The van der Waals surface area contributed by atoms with E-state index in [-0.39, 0.29) is 24.8 Å². The molecule has 1 saturated carbocycles. The summed E-state index contributed by atoms with van der Waals surface area (Å²) in [6.07, 6.45) is -1.89. The van der Waals surface area contributed by atoms with Gasteiger partial charge in [0.05, 0.1) is 16.8 Å². The van der Waals surface area contributed by atoms with Crippen LogP contribution in [0.15, 0.2) is 18.3 Å². The van der Waals surface area contributed by atoms with Gasteiger partial charge in [0.15, 0.2) is 0 Å². The van der Waals surface area contributed by atoms with Crippen molar-refractivity contribution in [3.05, 3.63) is 29.6 Å². The molecular weight excluding hydrogens is 264 g/mol. The van der Waals surface area contributed by atoms with Crippen LogP contribution in [0.3, 0.4) is 0 Å². The highest BCUT2D eigenvalue weighted by Gasteiger charge is 2.42. The van der Waals surface area contributed by atoms with Gasteiger partial charge in [0.1, 0.15) is 0 Å². The number of rotatable bonds is 1. The first kappa shape index (κ1) is 15.5. The van der Waals surface area contributed by atoms with E-state index < -0.39 is 17.3 Å². The zero-order chi connectivity index (χ0) is 10.4. The van der Waals surface area contributed by atoms with E-state index in [1.165, 1.54) is 6.07 Å². The fourth-order valence-corrected chi connectivity index (χ4v) is 1.25. The first-order valence-electron chi connectivity index (χ1n) is 4.24. The molecule has 2 nitrogen and oxygen atoms in total. The molecule has 0 spiro atoms. The van der Waals surface area contributed by atoms with Crippen LogP contribution in [-0.2, 0) is 11.7 Å². The SMILES string of the molecule is Cl.Cl.NC1(c2ccc(C(F)(F)F)cn2)CC1. The van der Waals surface area contributed by atoms with Gasteiger partial charge in [-0.05, 0) is 25.0 Å². The largest absolute Gasteiger partial charge is 0.417 e. The number of hydrogen-bond donors (Lipinski definition) is 1. The second kappa shape index (κ2) is 4.77. The Labute approximate surface area is 103 Å². The molecule has 2 rings (SSSR count). The number of nitrogens with zero attached hydrogens (tertiary/aromatic N) is 1. The van der Waals surface area contributed by atoms with E-state index in [0.29, 0.717) is 5.69 Å². The summed E-state index contributed by atoms with van der Waals surface area (Å²) in [4.78, 5) is 3.73.